The van der Waals surface area contributed by atoms with Gasteiger partial charge < -0.3 is 0 Å². The molecule has 11 rings (SSSR count). The van der Waals surface area contributed by atoms with Gasteiger partial charge in [-0.05, 0) is 170 Å². The Morgan fingerprint density at radius 3 is 1.98 bits per heavy atom. The molecule has 0 spiro atoms. The topological polar surface area (TPSA) is 0 Å². The van der Waals surface area contributed by atoms with Crippen molar-refractivity contribution in [1.82, 2.24) is 0 Å². The van der Waals surface area contributed by atoms with Crippen LogP contribution in [0.5, 0.6) is 0 Å². The van der Waals surface area contributed by atoms with Gasteiger partial charge in [0.2, 0.25) is 0 Å². The molecule has 7 aromatic carbocycles. The summed E-state index contributed by atoms with van der Waals surface area (Å²) in [7, 11) is 0. The van der Waals surface area contributed by atoms with Crippen molar-refractivity contribution >= 4 is 50.0 Å². The maximum Gasteiger partial charge on any atom is 0.0159 e. The van der Waals surface area contributed by atoms with Gasteiger partial charge in [0.15, 0.2) is 0 Å². The average Bonchev–Trinajstić information content (AvgIpc) is 3.39. The predicted molar refractivity (Wildman–Crippen MR) is 236 cm³/mol. The van der Waals surface area contributed by atoms with Crippen LogP contribution in [0.25, 0.3) is 72.3 Å². The number of hydrogen-bond acceptors (Lipinski definition) is 0. The molecule has 4 aliphatic rings. The molecule has 4 aliphatic carbocycles. The van der Waals surface area contributed by atoms with E-state index < -0.39 is 0 Å². The molecular weight excluding hydrogens is 661 g/mol. The SMILES string of the molecule is CC(C)(C)c1cc2ccc3c4c(ccc(c1)c24)=C(c1ccc2c(c1)C(C)(C)c1cc(-c4ccc5ccc6c7c5c4=CCC7CC(C(C)(C)C)C=6)ccc1-2)CC3. The van der Waals surface area contributed by atoms with Gasteiger partial charge in [-0.25, -0.2) is 0 Å². The molecule has 0 heteroatoms. The van der Waals surface area contributed by atoms with Crippen molar-refractivity contribution in [3.8, 4) is 22.3 Å². The Kier molecular flexibility index (Phi) is 6.74. The monoisotopic (exact) mass is 712 g/mol. The molecule has 0 amide bonds. The lowest BCUT2D eigenvalue weighted by molar-refractivity contribution is 0.274. The smallest absolute Gasteiger partial charge is 0.0159 e. The number of rotatable bonds is 2. The maximum absolute atomic E-state index is 2.59. The molecule has 0 aromatic heterocycles. The second kappa shape index (κ2) is 11.1. The largest absolute Gasteiger partial charge is 0.0754 e. The Labute approximate surface area is 326 Å². The lowest BCUT2D eigenvalue weighted by atomic mass is 9.68. The molecular formula is C55H52. The van der Waals surface area contributed by atoms with Crippen molar-refractivity contribution < 1.29 is 0 Å². The molecule has 0 radical (unpaired) electrons. The number of fused-ring (bicyclic) bond motifs is 3. The third-order valence-corrected chi connectivity index (χ3v) is 14.5. The van der Waals surface area contributed by atoms with E-state index in [-0.39, 0.29) is 16.2 Å². The highest BCUT2D eigenvalue weighted by Gasteiger charge is 2.37. The molecule has 0 nitrogen and oxygen atoms in total. The van der Waals surface area contributed by atoms with Crippen molar-refractivity contribution in [3.63, 3.8) is 0 Å². The van der Waals surface area contributed by atoms with E-state index >= 15 is 0 Å². The third kappa shape index (κ3) is 4.76. The van der Waals surface area contributed by atoms with E-state index in [9.17, 15) is 0 Å². The fourth-order valence-corrected chi connectivity index (χ4v) is 11.2. The van der Waals surface area contributed by atoms with Crippen LogP contribution in [-0.2, 0) is 17.3 Å². The van der Waals surface area contributed by atoms with E-state index in [1.807, 2.05) is 0 Å². The number of benzene rings is 7. The molecule has 0 heterocycles. The minimum absolute atomic E-state index is 0.0981. The lowest BCUT2D eigenvalue weighted by Gasteiger charge is -2.36. The Balaban J connectivity index is 1.03. The van der Waals surface area contributed by atoms with Gasteiger partial charge in [-0.15, -0.1) is 0 Å². The molecule has 0 N–H and O–H groups in total. The van der Waals surface area contributed by atoms with E-state index in [2.05, 4.69) is 165 Å². The molecule has 0 aliphatic heterocycles. The fourth-order valence-electron chi connectivity index (χ4n) is 11.2. The summed E-state index contributed by atoms with van der Waals surface area (Å²) < 4.78 is 0. The van der Waals surface area contributed by atoms with Gasteiger partial charge in [0.25, 0.3) is 0 Å². The number of aryl methyl sites for hydroxylation is 1. The van der Waals surface area contributed by atoms with E-state index in [4.69, 9.17) is 0 Å². The quantitative estimate of drug-likeness (QED) is 0.167. The Hall–Kier alpha value is -4.94. The molecule has 0 saturated heterocycles. The summed E-state index contributed by atoms with van der Waals surface area (Å²) in [4.78, 5) is 0. The van der Waals surface area contributed by atoms with Crippen molar-refractivity contribution in [2.24, 2.45) is 11.3 Å². The Bertz CT molecular complexity index is 3000. The van der Waals surface area contributed by atoms with Crippen LogP contribution >= 0.6 is 0 Å². The normalized spacial score (nSPS) is 19.4. The highest BCUT2D eigenvalue weighted by Crippen LogP contribution is 2.51. The van der Waals surface area contributed by atoms with Crippen LogP contribution in [0.3, 0.4) is 0 Å². The van der Waals surface area contributed by atoms with E-state index in [0.29, 0.717) is 11.8 Å². The summed E-state index contributed by atoms with van der Waals surface area (Å²) in [6.45, 7) is 19.1. The zero-order valence-electron chi connectivity index (χ0n) is 33.9. The highest BCUT2D eigenvalue weighted by molar-refractivity contribution is 6.13. The Morgan fingerprint density at radius 2 is 1.25 bits per heavy atom. The van der Waals surface area contributed by atoms with Crippen LogP contribution in [0.4, 0.5) is 0 Å². The average molecular weight is 713 g/mol. The van der Waals surface area contributed by atoms with Gasteiger partial charge in [0, 0.05) is 5.41 Å². The first-order valence-corrected chi connectivity index (χ1v) is 20.9. The third-order valence-electron chi connectivity index (χ3n) is 14.5. The molecule has 2 unspecified atom stereocenters. The van der Waals surface area contributed by atoms with Gasteiger partial charge in [0.05, 0.1) is 0 Å². The lowest BCUT2D eigenvalue weighted by Crippen LogP contribution is -2.32. The predicted octanol–water partition coefficient (Wildman–Crippen LogP) is 12.4. The number of hydrogen-bond donors (Lipinski definition) is 0. The van der Waals surface area contributed by atoms with Crippen LogP contribution in [0.15, 0.2) is 97.1 Å². The van der Waals surface area contributed by atoms with E-state index in [1.165, 1.54) is 110 Å². The molecule has 7 aromatic rings. The molecule has 0 saturated carbocycles. The first kappa shape index (κ1) is 33.4. The van der Waals surface area contributed by atoms with E-state index in [0.717, 1.165) is 19.3 Å². The van der Waals surface area contributed by atoms with Gasteiger partial charge in [-0.2, -0.15) is 0 Å². The van der Waals surface area contributed by atoms with Crippen LogP contribution in [-0.4, -0.2) is 0 Å². The van der Waals surface area contributed by atoms with Crippen LogP contribution in [0.2, 0.25) is 0 Å². The maximum atomic E-state index is 2.59. The second-order valence-electron chi connectivity index (χ2n) is 20.1. The standard InChI is InChI=1S/C55H52/c1-53(2,3)39-25-35-11-9-31-13-19-41(45-23-17-37(27-39)49(35)51(31)45)33-15-21-43-44-22-16-34(30-48(44)55(7,8)47(43)29-33)42-20-14-32-10-12-36-26-40(54(4,5)6)28-38-18-24-46(42)52(32)50(36)38/h9-13,15-16,18-19,21-26,28-30,37,39H,14,17,20,27H2,1-8H3. The fraction of sp³-hybridized carbons (Fsp3) is 0.309. The summed E-state index contributed by atoms with van der Waals surface area (Å²) >= 11 is 0. The first-order chi connectivity index (χ1) is 26.3. The summed E-state index contributed by atoms with van der Waals surface area (Å²) in [5.41, 5.74) is 16.1. The summed E-state index contributed by atoms with van der Waals surface area (Å²) in [5.74, 6) is 1.22. The Morgan fingerprint density at radius 1 is 0.600 bits per heavy atom. The van der Waals surface area contributed by atoms with Gasteiger partial charge in [-0.3, -0.25) is 0 Å². The van der Waals surface area contributed by atoms with Crippen LogP contribution in [0.1, 0.15) is 114 Å². The van der Waals surface area contributed by atoms with Crippen molar-refractivity contribution in [2.45, 2.75) is 97.8 Å². The summed E-state index contributed by atoms with van der Waals surface area (Å²) in [5, 5.41) is 12.9. The molecule has 2 atom stereocenters. The zero-order valence-corrected chi connectivity index (χ0v) is 33.9. The molecule has 0 bridgehead atoms. The summed E-state index contributed by atoms with van der Waals surface area (Å²) in [6.07, 6.45) is 9.72. The van der Waals surface area contributed by atoms with E-state index in [1.54, 1.807) is 5.56 Å². The molecule has 55 heavy (non-hydrogen) atoms. The molecule has 272 valence electrons. The minimum Gasteiger partial charge on any atom is -0.0754 e. The van der Waals surface area contributed by atoms with Crippen molar-refractivity contribution in [1.29, 1.82) is 0 Å². The second-order valence-corrected chi connectivity index (χ2v) is 20.1. The van der Waals surface area contributed by atoms with Crippen LogP contribution in [0, 0.1) is 11.3 Å². The van der Waals surface area contributed by atoms with Crippen molar-refractivity contribution in [3.05, 3.63) is 146 Å². The van der Waals surface area contributed by atoms with Crippen molar-refractivity contribution in [2.75, 3.05) is 0 Å². The highest BCUT2D eigenvalue weighted by atomic mass is 14.4. The van der Waals surface area contributed by atoms with Gasteiger partial charge in [0.1, 0.15) is 0 Å². The van der Waals surface area contributed by atoms with Gasteiger partial charge >= 0.3 is 0 Å². The van der Waals surface area contributed by atoms with Crippen LogP contribution < -0.4 is 15.7 Å². The zero-order chi connectivity index (χ0) is 37.8. The molecule has 0 fully saturated rings. The minimum atomic E-state index is -0.0981. The summed E-state index contributed by atoms with van der Waals surface area (Å²) in [6, 6.07) is 38.7. The van der Waals surface area contributed by atoms with Gasteiger partial charge in [-0.1, -0.05) is 152 Å². The first-order valence-electron chi connectivity index (χ1n) is 20.9.